The fourth-order valence-electron chi connectivity index (χ4n) is 2.42. The molecule has 1 aromatic rings. The maximum absolute atomic E-state index is 11.8. The van der Waals surface area contributed by atoms with Gasteiger partial charge >= 0.3 is 0 Å². The van der Waals surface area contributed by atoms with Crippen molar-refractivity contribution in [2.75, 3.05) is 13.7 Å². The first-order chi connectivity index (χ1) is 10.2. The van der Waals surface area contributed by atoms with Gasteiger partial charge in [-0.2, -0.15) is 5.10 Å². The van der Waals surface area contributed by atoms with Crippen LogP contribution in [0.25, 0.3) is 0 Å². The molecule has 0 heterocycles. The number of carbonyl (C=O) groups is 1. The van der Waals surface area contributed by atoms with Crippen LogP contribution in [0, 0.1) is 5.92 Å². The van der Waals surface area contributed by atoms with Crippen molar-refractivity contribution in [2.24, 2.45) is 11.0 Å². The Hall–Kier alpha value is -2.04. The van der Waals surface area contributed by atoms with Gasteiger partial charge in [-0.25, -0.2) is 5.43 Å². The smallest absolute Gasteiger partial charge is 0.277 e. The van der Waals surface area contributed by atoms with Crippen LogP contribution in [0.1, 0.15) is 32.6 Å². The van der Waals surface area contributed by atoms with Crippen LogP contribution in [0.5, 0.6) is 11.5 Å². The first-order valence-electron chi connectivity index (χ1n) is 7.29. The number of benzene rings is 1. The van der Waals surface area contributed by atoms with Gasteiger partial charge in [0.05, 0.1) is 7.11 Å². The van der Waals surface area contributed by atoms with Crippen molar-refractivity contribution in [3.8, 4) is 11.5 Å². The summed E-state index contributed by atoms with van der Waals surface area (Å²) in [6.07, 6.45) is 4.32. The predicted molar refractivity (Wildman–Crippen MR) is 81.7 cm³/mol. The number of para-hydroxylation sites is 2. The topological polar surface area (TPSA) is 59.9 Å². The van der Waals surface area contributed by atoms with Gasteiger partial charge in [-0.1, -0.05) is 19.1 Å². The van der Waals surface area contributed by atoms with Gasteiger partial charge in [0, 0.05) is 5.71 Å². The molecule has 0 aliphatic heterocycles. The first-order valence-corrected chi connectivity index (χ1v) is 7.29. The number of hydrazone groups is 1. The second kappa shape index (κ2) is 7.67. The molecule has 1 fully saturated rings. The zero-order chi connectivity index (χ0) is 15.1. The van der Waals surface area contributed by atoms with Gasteiger partial charge in [0.1, 0.15) is 0 Å². The lowest BCUT2D eigenvalue weighted by Gasteiger charge is -2.18. The monoisotopic (exact) mass is 290 g/mol. The van der Waals surface area contributed by atoms with Crippen LogP contribution in [0.15, 0.2) is 29.4 Å². The summed E-state index contributed by atoms with van der Waals surface area (Å²) in [5.41, 5.74) is 3.63. The first kappa shape index (κ1) is 15.4. The van der Waals surface area contributed by atoms with E-state index in [1.54, 1.807) is 19.2 Å². The molecule has 5 nitrogen and oxygen atoms in total. The minimum atomic E-state index is -0.258. The largest absolute Gasteiger partial charge is 0.493 e. The summed E-state index contributed by atoms with van der Waals surface area (Å²) in [5.74, 6) is 1.55. The van der Waals surface area contributed by atoms with Crippen LogP contribution in [-0.2, 0) is 4.79 Å². The highest BCUT2D eigenvalue weighted by atomic mass is 16.5. The number of nitrogens with zero attached hydrogens (tertiary/aromatic N) is 1. The SMILES string of the molecule is COc1ccccc1OCC(=O)N/N=C1/CCCC(C)C1. The molecule has 1 aliphatic carbocycles. The van der Waals surface area contributed by atoms with Gasteiger partial charge < -0.3 is 9.47 Å². The van der Waals surface area contributed by atoms with Crippen molar-refractivity contribution < 1.29 is 14.3 Å². The molecule has 1 N–H and O–H groups in total. The zero-order valence-corrected chi connectivity index (χ0v) is 12.6. The Kier molecular flexibility index (Phi) is 5.60. The van der Waals surface area contributed by atoms with Gasteiger partial charge in [-0.3, -0.25) is 4.79 Å². The molecular weight excluding hydrogens is 268 g/mol. The Morgan fingerprint density at radius 2 is 2.14 bits per heavy atom. The fourth-order valence-corrected chi connectivity index (χ4v) is 2.42. The van der Waals surface area contributed by atoms with Crippen LogP contribution in [-0.4, -0.2) is 25.3 Å². The Balaban J connectivity index is 1.81. The maximum atomic E-state index is 11.8. The van der Waals surface area contributed by atoms with Crippen molar-refractivity contribution in [2.45, 2.75) is 32.6 Å². The number of nitrogens with one attached hydrogen (secondary N) is 1. The lowest BCUT2D eigenvalue weighted by molar-refractivity contribution is -0.123. The quantitative estimate of drug-likeness (QED) is 0.848. The number of methoxy groups -OCH3 is 1. The lowest BCUT2D eigenvalue weighted by Crippen LogP contribution is -2.27. The molecule has 0 spiro atoms. The highest BCUT2D eigenvalue weighted by Crippen LogP contribution is 2.25. The summed E-state index contributed by atoms with van der Waals surface area (Å²) >= 11 is 0. The standard InChI is InChI=1S/C16H22N2O3/c1-12-6-5-7-13(10-12)17-18-16(19)11-21-15-9-4-3-8-14(15)20-2/h3-4,8-9,12H,5-7,10-11H2,1-2H3,(H,18,19)/b17-13-. The third-order valence-corrected chi connectivity index (χ3v) is 3.51. The Morgan fingerprint density at radius 1 is 1.38 bits per heavy atom. The van der Waals surface area contributed by atoms with Crippen LogP contribution in [0.2, 0.25) is 0 Å². The van der Waals surface area contributed by atoms with E-state index < -0.39 is 0 Å². The average Bonchev–Trinajstić information content (AvgIpc) is 2.51. The highest BCUT2D eigenvalue weighted by molar-refractivity contribution is 5.87. The second-order valence-electron chi connectivity index (χ2n) is 5.35. The molecule has 5 heteroatoms. The molecule has 0 radical (unpaired) electrons. The van der Waals surface area contributed by atoms with Crippen LogP contribution < -0.4 is 14.9 Å². The molecule has 1 saturated carbocycles. The van der Waals surface area contributed by atoms with E-state index in [9.17, 15) is 4.79 Å². The van der Waals surface area contributed by atoms with E-state index in [2.05, 4.69) is 17.5 Å². The van der Waals surface area contributed by atoms with Crippen molar-refractivity contribution in [3.63, 3.8) is 0 Å². The Bertz CT molecular complexity index is 514. The molecule has 1 aliphatic rings. The van der Waals surface area contributed by atoms with Crippen LogP contribution in [0.4, 0.5) is 0 Å². The lowest BCUT2D eigenvalue weighted by atomic mass is 9.89. The summed E-state index contributed by atoms with van der Waals surface area (Å²) in [6.45, 7) is 2.13. The molecule has 114 valence electrons. The molecule has 1 aromatic carbocycles. The third kappa shape index (κ3) is 4.77. The number of rotatable bonds is 5. The van der Waals surface area contributed by atoms with E-state index in [1.165, 1.54) is 6.42 Å². The summed E-state index contributed by atoms with van der Waals surface area (Å²) in [7, 11) is 1.57. The predicted octanol–water partition coefficient (Wildman–Crippen LogP) is 2.76. The molecule has 0 bridgehead atoms. The van der Waals surface area contributed by atoms with E-state index in [0.29, 0.717) is 17.4 Å². The van der Waals surface area contributed by atoms with Crippen molar-refractivity contribution in [1.82, 2.24) is 5.43 Å². The summed E-state index contributed by atoms with van der Waals surface area (Å²) in [5, 5.41) is 4.19. The normalized spacial score (nSPS) is 20.1. The minimum absolute atomic E-state index is 0.0767. The molecule has 1 atom stereocenters. The van der Waals surface area contributed by atoms with E-state index >= 15 is 0 Å². The number of hydrogen-bond acceptors (Lipinski definition) is 4. The van der Waals surface area contributed by atoms with Gasteiger partial charge in [0.15, 0.2) is 18.1 Å². The van der Waals surface area contributed by atoms with E-state index in [4.69, 9.17) is 9.47 Å². The number of carbonyl (C=O) groups excluding carboxylic acids is 1. The van der Waals surface area contributed by atoms with Gasteiger partial charge in [-0.15, -0.1) is 0 Å². The summed E-state index contributed by atoms with van der Waals surface area (Å²) in [6, 6.07) is 7.24. The third-order valence-electron chi connectivity index (χ3n) is 3.51. The molecule has 2 rings (SSSR count). The second-order valence-corrected chi connectivity index (χ2v) is 5.35. The van der Waals surface area contributed by atoms with Gasteiger partial charge in [-0.05, 0) is 43.7 Å². The van der Waals surface area contributed by atoms with Crippen LogP contribution in [0.3, 0.4) is 0 Å². The Morgan fingerprint density at radius 3 is 2.86 bits per heavy atom. The number of amides is 1. The van der Waals surface area contributed by atoms with Crippen LogP contribution >= 0.6 is 0 Å². The van der Waals surface area contributed by atoms with Gasteiger partial charge in [0.2, 0.25) is 0 Å². The average molecular weight is 290 g/mol. The zero-order valence-electron chi connectivity index (χ0n) is 12.6. The maximum Gasteiger partial charge on any atom is 0.277 e. The molecule has 21 heavy (non-hydrogen) atoms. The highest BCUT2D eigenvalue weighted by Gasteiger charge is 2.14. The van der Waals surface area contributed by atoms with E-state index in [0.717, 1.165) is 25.0 Å². The number of hydrogen-bond donors (Lipinski definition) is 1. The molecule has 0 saturated heterocycles. The van der Waals surface area contributed by atoms with Crippen molar-refractivity contribution >= 4 is 11.6 Å². The molecule has 1 amide bonds. The molecular formula is C16H22N2O3. The summed E-state index contributed by atoms with van der Waals surface area (Å²) in [4.78, 5) is 11.8. The van der Waals surface area contributed by atoms with E-state index in [-0.39, 0.29) is 12.5 Å². The Labute approximate surface area is 125 Å². The minimum Gasteiger partial charge on any atom is -0.493 e. The van der Waals surface area contributed by atoms with E-state index in [1.807, 2.05) is 12.1 Å². The summed E-state index contributed by atoms with van der Waals surface area (Å²) < 4.78 is 10.6. The molecule has 0 aromatic heterocycles. The van der Waals surface area contributed by atoms with Crippen molar-refractivity contribution in [1.29, 1.82) is 0 Å². The molecule has 1 unspecified atom stereocenters. The fraction of sp³-hybridized carbons (Fsp3) is 0.500. The van der Waals surface area contributed by atoms with Crippen molar-refractivity contribution in [3.05, 3.63) is 24.3 Å². The number of ether oxygens (including phenoxy) is 2. The van der Waals surface area contributed by atoms with Gasteiger partial charge in [0.25, 0.3) is 5.91 Å².